The lowest BCUT2D eigenvalue weighted by Crippen LogP contribution is -2.52. The molecule has 2 fully saturated rings. The zero-order chi connectivity index (χ0) is 22.0. The average Bonchev–Trinajstić information content (AvgIpc) is 2.79. The number of piperidine rings is 1. The zero-order valence-corrected chi connectivity index (χ0v) is 20.0. The summed E-state index contributed by atoms with van der Waals surface area (Å²) < 4.78 is 28.0. The second-order valence-corrected chi connectivity index (χ2v) is 10.9. The molecule has 0 bridgehead atoms. The van der Waals surface area contributed by atoms with E-state index in [0.29, 0.717) is 50.1 Å². The minimum Gasteiger partial charge on any atom is -0.355 e. The summed E-state index contributed by atoms with van der Waals surface area (Å²) in [6.07, 6.45) is 4.48. The first-order valence-electron chi connectivity index (χ1n) is 10.1. The predicted molar refractivity (Wildman–Crippen MR) is 121 cm³/mol. The van der Waals surface area contributed by atoms with Crippen molar-refractivity contribution in [3.8, 4) is 0 Å². The van der Waals surface area contributed by atoms with Crippen LogP contribution in [0.15, 0.2) is 46.2 Å². The van der Waals surface area contributed by atoms with Crippen LogP contribution in [0.5, 0.6) is 0 Å². The predicted octanol–water partition coefficient (Wildman–Crippen LogP) is 2.64. The number of benzene rings is 1. The molecular formula is C20H23BrClN5O3S. The topological polar surface area (TPSA) is 86.7 Å². The van der Waals surface area contributed by atoms with Gasteiger partial charge in [-0.1, -0.05) is 27.5 Å². The van der Waals surface area contributed by atoms with Crippen molar-refractivity contribution < 1.29 is 13.2 Å². The number of amides is 1. The van der Waals surface area contributed by atoms with Gasteiger partial charge in [-0.3, -0.25) is 4.79 Å². The van der Waals surface area contributed by atoms with Crippen molar-refractivity contribution in [2.24, 2.45) is 5.92 Å². The standard InChI is InChI=1S/C20H23BrClN5O3S/c21-16-1-3-17(4-2-16)31(29,30)27-11-9-26(10-12-27)20(28)15-5-7-25(8-6-15)19-18(22)13-23-14-24-19/h1-4,13-15H,5-12H2. The first kappa shape index (κ1) is 22.4. The molecule has 0 radical (unpaired) electrons. The fourth-order valence-corrected chi connectivity index (χ4v) is 5.95. The van der Waals surface area contributed by atoms with Gasteiger partial charge in [-0.05, 0) is 37.1 Å². The highest BCUT2D eigenvalue weighted by Crippen LogP contribution is 2.28. The number of halogens is 2. The summed E-state index contributed by atoms with van der Waals surface area (Å²) in [7, 11) is -3.55. The Labute approximate surface area is 195 Å². The highest BCUT2D eigenvalue weighted by atomic mass is 79.9. The fourth-order valence-electron chi connectivity index (χ4n) is 4.04. The van der Waals surface area contributed by atoms with Crippen LogP contribution in [0.25, 0.3) is 0 Å². The molecule has 0 unspecified atom stereocenters. The molecule has 2 aliphatic heterocycles. The molecule has 1 amide bonds. The van der Waals surface area contributed by atoms with Crippen molar-refractivity contribution in [2.45, 2.75) is 17.7 Å². The van der Waals surface area contributed by atoms with Crippen LogP contribution in [-0.4, -0.2) is 72.8 Å². The maximum atomic E-state index is 13.0. The molecule has 1 aromatic carbocycles. The van der Waals surface area contributed by atoms with E-state index in [1.165, 1.54) is 10.6 Å². The third-order valence-electron chi connectivity index (χ3n) is 5.79. The summed E-state index contributed by atoms with van der Waals surface area (Å²) in [5, 5.41) is 0.510. The second-order valence-electron chi connectivity index (χ2n) is 7.64. The van der Waals surface area contributed by atoms with E-state index in [2.05, 4.69) is 30.8 Å². The number of sulfonamides is 1. The summed E-state index contributed by atoms with van der Waals surface area (Å²) in [5.41, 5.74) is 0. The number of nitrogens with zero attached hydrogens (tertiary/aromatic N) is 5. The fraction of sp³-hybridized carbons (Fsp3) is 0.450. The zero-order valence-electron chi connectivity index (χ0n) is 16.8. The molecule has 2 aliphatic rings. The van der Waals surface area contributed by atoms with E-state index < -0.39 is 10.0 Å². The molecule has 1 aromatic heterocycles. The number of carbonyl (C=O) groups excluding carboxylic acids is 1. The van der Waals surface area contributed by atoms with Crippen molar-refractivity contribution >= 4 is 49.3 Å². The second kappa shape index (κ2) is 9.40. The van der Waals surface area contributed by atoms with Crippen molar-refractivity contribution in [3.05, 3.63) is 46.3 Å². The van der Waals surface area contributed by atoms with E-state index in [1.807, 2.05) is 0 Å². The highest BCUT2D eigenvalue weighted by Gasteiger charge is 2.34. The number of hydrogen-bond donors (Lipinski definition) is 0. The first-order valence-corrected chi connectivity index (χ1v) is 12.7. The molecule has 3 heterocycles. The molecule has 166 valence electrons. The molecule has 0 N–H and O–H groups in total. The third kappa shape index (κ3) is 4.87. The van der Waals surface area contributed by atoms with Gasteiger partial charge in [0.1, 0.15) is 11.3 Å². The van der Waals surface area contributed by atoms with Gasteiger partial charge in [-0.25, -0.2) is 18.4 Å². The summed E-state index contributed by atoms with van der Waals surface area (Å²) in [5.74, 6) is 0.745. The number of aromatic nitrogens is 2. The van der Waals surface area contributed by atoms with E-state index in [4.69, 9.17) is 11.6 Å². The summed E-state index contributed by atoms with van der Waals surface area (Å²) >= 11 is 9.50. The highest BCUT2D eigenvalue weighted by molar-refractivity contribution is 9.10. The Balaban J connectivity index is 1.32. The van der Waals surface area contributed by atoms with Crippen molar-refractivity contribution in [3.63, 3.8) is 0 Å². The van der Waals surface area contributed by atoms with Gasteiger partial charge in [-0.15, -0.1) is 0 Å². The normalized spacial score (nSPS) is 18.9. The van der Waals surface area contributed by atoms with Gasteiger partial charge < -0.3 is 9.80 Å². The Hall–Kier alpha value is -1.75. The lowest BCUT2D eigenvalue weighted by molar-refractivity contribution is -0.137. The van der Waals surface area contributed by atoms with Gasteiger partial charge in [0.25, 0.3) is 0 Å². The molecule has 0 saturated carbocycles. The Kier molecular flexibility index (Phi) is 6.80. The average molecular weight is 529 g/mol. The number of piperazine rings is 1. The lowest BCUT2D eigenvalue weighted by Gasteiger charge is -2.38. The molecule has 31 heavy (non-hydrogen) atoms. The minimum absolute atomic E-state index is 0.0634. The van der Waals surface area contributed by atoms with Gasteiger partial charge in [0.2, 0.25) is 15.9 Å². The SMILES string of the molecule is O=C(C1CCN(c2ncncc2Cl)CC1)N1CCN(S(=O)(=O)c2ccc(Br)cc2)CC1. The molecule has 0 atom stereocenters. The summed E-state index contributed by atoms with van der Waals surface area (Å²) in [6.45, 7) is 2.83. The number of carbonyl (C=O) groups is 1. The quantitative estimate of drug-likeness (QED) is 0.606. The van der Waals surface area contributed by atoms with Crippen LogP contribution in [0, 0.1) is 5.92 Å². The Morgan fingerprint density at radius 2 is 1.68 bits per heavy atom. The van der Waals surface area contributed by atoms with Gasteiger partial charge in [0, 0.05) is 49.7 Å². The van der Waals surface area contributed by atoms with Gasteiger partial charge in [0.05, 0.1) is 11.1 Å². The maximum Gasteiger partial charge on any atom is 0.243 e. The van der Waals surface area contributed by atoms with Crippen LogP contribution in [-0.2, 0) is 14.8 Å². The summed E-state index contributed by atoms with van der Waals surface area (Å²) in [4.78, 5) is 25.3. The van der Waals surface area contributed by atoms with Crippen LogP contribution >= 0.6 is 27.5 Å². The Morgan fingerprint density at radius 1 is 1.03 bits per heavy atom. The van der Waals surface area contributed by atoms with Crippen molar-refractivity contribution in [1.82, 2.24) is 19.2 Å². The summed E-state index contributed by atoms with van der Waals surface area (Å²) in [6, 6.07) is 6.62. The molecule has 2 aromatic rings. The van der Waals surface area contributed by atoms with E-state index in [0.717, 1.165) is 17.3 Å². The van der Waals surface area contributed by atoms with Gasteiger partial charge in [0.15, 0.2) is 5.82 Å². The molecule has 11 heteroatoms. The molecule has 0 aliphatic carbocycles. The van der Waals surface area contributed by atoms with E-state index in [9.17, 15) is 13.2 Å². The largest absolute Gasteiger partial charge is 0.355 e. The smallest absolute Gasteiger partial charge is 0.243 e. The molecule has 0 spiro atoms. The van der Waals surface area contributed by atoms with Crippen molar-refractivity contribution in [2.75, 3.05) is 44.2 Å². The van der Waals surface area contributed by atoms with Crippen LogP contribution < -0.4 is 4.90 Å². The Bertz CT molecular complexity index is 1040. The minimum atomic E-state index is -3.55. The van der Waals surface area contributed by atoms with Gasteiger partial charge >= 0.3 is 0 Å². The number of anilines is 1. The monoisotopic (exact) mass is 527 g/mol. The lowest BCUT2D eigenvalue weighted by atomic mass is 9.95. The van der Waals surface area contributed by atoms with E-state index in [-0.39, 0.29) is 16.7 Å². The third-order valence-corrected chi connectivity index (χ3v) is 8.50. The van der Waals surface area contributed by atoms with E-state index >= 15 is 0 Å². The molecule has 2 saturated heterocycles. The number of rotatable bonds is 4. The van der Waals surface area contributed by atoms with Crippen LogP contribution in [0.2, 0.25) is 5.02 Å². The number of hydrogen-bond acceptors (Lipinski definition) is 6. The van der Waals surface area contributed by atoms with Crippen molar-refractivity contribution in [1.29, 1.82) is 0 Å². The molecule has 8 nitrogen and oxygen atoms in total. The van der Waals surface area contributed by atoms with Gasteiger partial charge in [-0.2, -0.15) is 4.31 Å². The Morgan fingerprint density at radius 3 is 2.29 bits per heavy atom. The molecular weight excluding hydrogens is 506 g/mol. The van der Waals surface area contributed by atoms with Crippen LogP contribution in [0.1, 0.15) is 12.8 Å². The first-order chi connectivity index (χ1) is 14.9. The maximum absolute atomic E-state index is 13.0. The molecule has 4 rings (SSSR count). The van der Waals surface area contributed by atoms with E-state index in [1.54, 1.807) is 35.4 Å². The van der Waals surface area contributed by atoms with Crippen LogP contribution in [0.4, 0.5) is 5.82 Å². The van der Waals surface area contributed by atoms with Crippen LogP contribution in [0.3, 0.4) is 0 Å².